The van der Waals surface area contributed by atoms with Gasteiger partial charge in [0.1, 0.15) is 0 Å². The van der Waals surface area contributed by atoms with Crippen molar-refractivity contribution in [2.75, 3.05) is 13.1 Å². The van der Waals surface area contributed by atoms with Gasteiger partial charge in [0, 0.05) is 11.6 Å². The van der Waals surface area contributed by atoms with Crippen LogP contribution < -0.4 is 5.73 Å². The molecule has 0 bridgehead atoms. The molecule has 0 radical (unpaired) electrons. The van der Waals surface area contributed by atoms with Crippen molar-refractivity contribution in [2.45, 2.75) is 13.0 Å². The van der Waals surface area contributed by atoms with Crippen molar-refractivity contribution in [1.29, 1.82) is 0 Å². The molecule has 1 atom stereocenters. The summed E-state index contributed by atoms with van der Waals surface area (Å²) in [5.41, 5.74) is 7.01. The Labute approximate surface area is 94.5 Å². The molecule has 1 aromatic rings. The summed E-state index contributed by atoms with van der Waals surface area (Å²) in [5.74, 6) is 0.637. The minimum Gasteiger partial charge on any atom is -0.370 e. The highest BCUT2D eigenvalue weighted by molar-refractivity contribution is 6.30. The fraction of sp³-hybridized carbons (Fsp3) is 0.364. The number of likely N-dealkylation sites (N-methyl/N-ethyl adjacent to an activating group) is 1. The normalized spacial score (nSPS) is 20.5. The van der Waals surface area contributed by atoms with Gasteiger partial charge in [0.25, 0.3) is 0 Å². The molecular formula is C11H14ClN3. The summed E-state index contributed by atoms with van der Waals surface area (Å²) in [6.07, 6.45) is 0. The monoisotopic (exact) mass is 223 g/mol. The lowest BCUT2D eigenvalue weighted by Crippen LogP contribution is -2.35. The van der Waals surface area contributed by atoms with Gasteiger partial charge in [0.05, 0.1) is 12.6 Å². The van der Waals surface area contributed by atoms with E-state index in [0.29, 0.717) is 5.96 Å². The van der Waals surface area contributed by atoms with Crippen LogP contribution in [0.15, 0.2) is 29.3 Å². The van der Waals surface area contributed by atoms with Crippen molar-refractivity contribution in [3.63, 3.8) is 0 Å². The number of hydrogen-bond donors (Lipinski definition) is 1. The maximum atomic E-state index is 5.85. The van der Waals surface area contributed by atoms with E-state index in [9.17, 15) is 0 Å². The zero-order valence-electron chi connectivity index (χ0n) is 8.65. The first-order chi connectivity index (χ1) is 7.22. The topological polar surface area (TPSA) is 41.6 Å². The molecule has 0 saturated carbocycles. The third-order valence-electron chi connectivity index (χ3n) is 2.69. The predicted octanol–water partition coefficient (Wildman–Crippen LogP) is 2.03. The van der Waals surface area contributed by atoms with Gasteiger partial charge in [-0.2, -0.15) is 0 Å². The molecule has 0 fully saturated rings. The molecule has 1 heterocycles. The Morgan fingerprint density at radius 2 is 2.13 bits per heavy atom. The van der Waals surface area contributed by atoms with Gasteiger partial charge in [-0.1, -0.05) is 23.7 Å². The number of halogens is 1. The molecule has 0 aliphatic carbocycles. The van der Waals surface area contributed by atoms with E-state index in [0.717, 1.165) is 18.1 Å². The first kappa shape index (κ1) is 10.3. The van der Waals surface area contributed by atoms with Crippen molar-refractivity contribution in [1.82, 2.24) is 4.90 Å². The van der Waals surface area contributed by atoms with Crippen LogP contribution in [0.1, 0.15) is 18.5 Å². The maximum absolute atomic E-state index is 5.85. The van der Waals surface area contributed by atoms with Crippen molar-refractivity contribution in [3.8, 4) is 0 Å². The number of rotatable bonds is 2. The lowest BCUT2D eigenvalue weighted by Gasteiger charge is -2.24. The molecule has 80 valence electrons. The van der Waals surface area contributed by atoms with Gasteiger partial charge in [0.15, 0.2) is 5.96 Å². The molecule has 0 spiro atoms. The summed E-state index contributed by atoms with van der Waals surface area (Å²) in [5, 5.41) is 0.758. The Morgan fingerprint density at radius 1 is 1.47 bits per heavy atom. The Kier molecular flexibility index (Phi) is 2.82. The summed E-state index contributed by atoms with van der Waals surface area (Å²) in [6, 6.07) is 8.14. The van der Waals surface area contributed by atoms with E-state index in [1.54, 1.807) is 0 Å². The van der Waals surface area contributed by atoms with Crippen molar-refractivity contribution >= 4 is 17.6 Å². The Hall–Kier alpha value is -1.22. The molecule has 1 aliphatic rings. The van der Waals surface area contributed by atoms with E-state index in [4.69, 9.17) is 17.3 Å². The Bertz CT molecular complexity index is 372. The van der Waals surface area contributed by atoms with Gasteiger partial charge < -0.3 is 10.6 Å². The minimum absolute atomic E-state index is 0.271. The van der Waals surface area contributed by atoms with Crippen LogP contribution >= 0.6 is 11.6 Å². The highest BCUT2D eigenvalue weighted by atomic mass is 35.5. The second-order valence-corrected chi connectivity index (χ2v) is 3.99. The number of benzene rings is 1. The molecule has 1 aliphatic heterocycles. The molecule has 4 heteroatoms. The minimum atomic E-state index is 0.271. The highest BCUT2D eigenvalue weighted by Gasteiger charge is 2.25. The van der Waals surface area contributed by atoms with Crippen molar-refractivity contribution in [2.24, 2.45) is 10.7 Å². The van der Waals surface area contributed by atoms with E-state index < -0.39 is 0 Å². The lowest BCUT2D eigenvalue weighted by molar-refractivity contribution is 0.364. The third-order valence-corrected chi connectivity index (χ3v) is 2.94. The van der Waals surface area contributed by atoms with E-state index in [-0.39, 0.29) is 6.04 Å². The number of nitrogens with zero attached hydrogens (tertiary/aromatic N) is 2. The number of guanidine groups is 1. The average Bonchev–Trinajstić information content (AvgIpc) is 2.61. The van der Waals surface area contributed by atoms with Crippen LogP contribution in [0, 0.1) is 0 Å². The van der Waals surface area contributed by atoms with Crippen LogP contribution in [-0.4, -0.2) is 23.9 Å². The van der Waals surface area contributed by atoms with Crippen molar-refractivity contribution < 1.29 is 0 Å². The van der Waals surface area contributed by atoms with Crippen molar-refractivity contribution in [3.05, 3.63) is 34.9 Å². The number of hydrogen-bond acceptors (Lipinski definition) is 3. The molecule has 0 aromatic heterocycles. The summed E-state index contributed by atoms with van der Waals surface area (Å²) in [4.78, 5) is 6.36. The lowest BCUT2D eigenvalue weighted by atomic mass is 10.1. The summed E-state index contributed by atoms with van der Waals surface area (Å²) in [7, 11) is 0. The van der Waals surface area contributed by atoms with E-state index >= 15 is 0 Å². The Balaban J connectivity index is 2.22. The number of nitrogens with two attached hydrogens (primary N) is 1. The van der Waals surface area contributed by atoms with E-state index in [2.05, 4.69) is 16.8 Å². The zero-order chi connectivity index (χ0) is 10.8. The molecule has 0 amide bonds. The summed E-state index contributed by atoms with van der Waals surface area (Å²) >= 11 is 5.85. The first-order valence-corrected chi connectivity index (χ1v) is 5.42. The highest BCUT2D eigenvalue weighted by Crippen LogP contribution is 2.25. The summed E-state index contributed by atoms with van der Waals surface area (Å²) in [6.45, 7) is 3.69. The summed E-state index contributed by atoms with van der Waals surface area (Å²) < 4.78 is 0. The first-order valence-electron chi connectivity index (χ1n) is 5.04. The second-order valence-electron chi connectivity index (χ2n) is 3.55. The molecule has 2 rings (SSSR count). The van der Waals surface area contributed by atoms with Gasteiger partial charge in [-0.3, -0.25) is 4.99 Å². The standard InChI is InChI=1S/C11H14ClN3/c1-2-15-10(7-14-11(15)13)8-3-5-9(12)6-4-8/h3-6,10H,2,7H2,1H3,(H2,13,14). The molecule has 1 aromatic carbocycles. The molecule has 2 N–H and O–H groups in total. The van der Waals surface area contributed by atoms with Gasteiger partial charge in [-0.05, 0) is 24.6 Å². The molecular weight excluding hydrogens is 210 g/mol. The fourth-order valence-corrected chi connectivity index (χ4v) is 2.01. The van der Waals surface area contributed by atoms with Crippen LogP contribution in [0.4, 0.5) is 0 Å². The molecule has 0 saturated heterocycles. The van der Waals surface area contributed by atoms with Gasteiger partial charge in [-0.15, -0.1) is 0 Å². The van der Waals surface area contributed by atoms with Crippen LogP contribution in [0.2, 0.25) is 5.02 Å². The smallest absolute Gasteiger partial charge is 0.191 e. The van der Waals surface area contributed by atoms with Crippen LogP contribution in [0.25, 0.3) is 0 Å². The second kappa shape index (κ2) is 4.11. The SMILES string of the molecule is CCN1C(N)=NCC1c1ccc(Cl)cc1. The molecule has 1 unspecified atom stereocenters. The van der Waals surface area contributed by atoms with Crippen LogP contribution in [0.5, 0.6) is 0 Å². The van der Waals surface area contributed by atoms with Crippen LogP contribution in [0.3, 0.4) is 0 Å². The average molecular weight is 224 g/mol. The molecule has 3 nitrogen and oxygen atoms in total. The van der Waals surface area contributed by atoms with Gasteiger partial charge >= 0.3 is 0 Å². The quantitative estimate of drug-likeness (QED) is 0.834. The van der Waals surface area contributed by atoms with Gasteiger partial charge in [-0.25, -0.2) is 0 Å². The van der Waals surface area contributed by atoms with E-state index in [1.165, 1.54) is 5.56 Å². The van der Waals surface area contributed by atoms with Gasteiger partial charge in [0.2, 0.25) is 0 Å². The molecule has 15 heavy (non-hydrogen) atoms. The van der Waals surface area contributed by atoms with E-state index in [1.807, 2.05) is 24.3 Å². The number of aliphatic imine (C=N–C) groups is 1. The third kappa shape index (κ3) is 1.92. The fourth-order valence-electron chi connectivity index (χ4n) is 1.88. The Morgan fingerprint density at radius 3 is 2.73 bits per heavy atom. The van der Waals surface area contributed by atoms with Crippen LogP contribution in [-0.2, 0) is 0 Å². The maximum Gasteiger partial charge on any atom is 0.191 e. The zero-order valence-corrected chi connectivity index (χ0v) is 9.41. The predicted molar refractivity (Wildman–Crippen MR) is 63.1 cm³/mol. The largest absolute Gasteiger partial charge is 0.370 e.